The largest absolute Gasteiger partial charge is 0.412 e. The molecule has 2 aliphatic rings. The summed E-state index contributed by atoms with van der Waals surface area (Å²) in [6, 6.07) is 0. The molecule has 0 N–H and O–H groups in total. The second-order valence-corrected chi connectivity index (χ2v) is 6.42. The van der Waals surface area contributed by atoms with Crippen LogP contribution in [0, 0.1) is 17.8 Å². The summed E-state index contributed by atoms with van der Waals surface area (Å²) in [5, 5.41) is 0. The summed E-state index contributed by atoms with van der Waals surface area (Å²) in [5.74, 6) is -0.743. The van der Waals surface area contributed by atoms with Crippen LogP contribution in [-0.4, -0.2) is 18.9 Å². The SMILES string of the molecule is C/C=C/C1CCC(C2CCC(/C(F)=C/C(F)(F)F)CC2)OC1. The van der Waals surface area contributed by atoms with Gasteiger partial charge in [-0.3, -0.25) is 0 Å². The molecule has 2 atom stereocenters. The van der Waals surface area contributed by atoms with Crippen molar-refractivity contribution in [3.05, 3.63) is 24.1 Å². The third-order valence-corrected chi connectivity index (χ3v) is 4.80. The van der Waals surface area contributed by atoms with E-state index in [1.807, 2.05) is 13.0 Å². The monoisotopic (exact) mass is 320 g/mol. The van der Waals surface area contributed by atoms with Crippen molar-refractivity contribution in [1.29, 1.82) is 0 Å². The minimum Gasteiger partial charge on any atom is -0.377 e. The van der Waals surface area contributed by atoms with Crippen LogP contribution in [0.15, 0.2) is 24.1 Å². The van der Waals surface area contributed by atoms with Crippen LogP contribution >= 0.6 is 0 Å². The molecule has 2 rings (SSSR count). The predicted octanol–water partition coefficient (Wildman–Crippen LogP) is 5.58. The van der Waals surface area contributed by atoms with Crippen LogP contribution < -0.4 is 0 Å². The van der Waals surface area contributed by atoms with Crippen LogP contribution in [0.3, 0.4) is 0 Å². The molecule has 22 heavy (non-hydrogen) atoms. The Morgan fingerprint density at radius 3 is 2.23 bits per heavy atom. The molecule has 1 heterocycles. The number of rotatable bonds is 3. The van der Waals surface area contributed by atoms with Gasteiger partial charge in [-0.25, -0.2) is 4.39 Å². The van der Waals surface area contributed by atoms with Crippen LogP contribution in [0.2, 0.25) is 0 Å². The Hall–Kier alpha value is -0.840. The lowest BCUT2D eigenvalue weighted by molar-refractivity contribution is -0.0824. The highest BCUT2D eigenvalue weighted by Crippen LogP contribution is 2.39. The first-order valence-corrected chi connectivity index (χ1v) is 8.08. The van der Waals surface area contributed by atoms with Crippen LogP contribution in [0.1, 0.15) is 45.4 Å². The molecule has 1 nitrogen and oxygen atoms in total. The van der Waals surface area contributed by atoms with Crippen molar-refractivity contribution < 1.29 is 22.3 Å². The standard InChI is InChI=1S/C17H24F4O/c1-2-3-12-4-9-16(22-11-12)14-7-5-13(6-8-14)15(18)10-17(19,20)21/h2-3,10,12-14,16H,4-9,11H2,1H3/b3-2+,15-10-. The van der Waals surface area contributed by atoms with Gasteiger partial charge in [0.1, 0.15) is 5.83 Å². The van der Waals surface area contributed by atoms with Gasteiger partial charge in [0.25, 0.3) is 0 Å². The zero-order valence-electron chi connectivity index (χ0n) is 12.9. The molecule has 2 fully saturated rings. The Morgan fingerprint density at radius 1 is 1.05 bits per heavy atom. The van der Waals surface area contributed by atoms with Gasteiger partial charge in [-0.2, -0.15) is 13.2 Å². The maximum absolute atomic E-state index is 13.6. The van der Waals surface area contributed by atoms with E-state index in [1.165, 1.54) is 0 Å². The second-order valence-electron chi connectivity index (χ2n) is 6.42. The predicted molar refractivity (Wildman–Crippen MR) is 78.0 cm³/mol. The lowest BCUT2D eigenvalue weighted by Crippen LogP contribution is -2.33. The molecule has 0 spiro atoms. The quantitative estimate of drug-likeness (QED) is 0.487. The molecule has 0 amide bonds. The summed E-state index contributed by atoms with van der Waals surface area (Å²) < 4.78 is 56.1. The lowest BCUT2D eigenvalue weighted by atomic mass is 9.76. The fourth-order valence-electron chi connectivity index (χ4n) is 3.63. The Bertz CT molecular complexity index is 397. The molecule has 0 aromatic heterocycles. The van der Waals surface area contributed by atoms with Gasteiger partial charge in [0.15, 0.2) is 0 Å². The molecule has 1 saturated heterocycles. The van der Waals surface area contributed by atoms with Gasteiger partial charge in [0, 0.05) is 11.8 Å². The maximum Gasteiger partial charge on any atom is 0.412 e. The van der Waals surface area contributed by atoms with Crippen molar-refractivity contribution in [2.75, 3.05) is 6.61 Å². The fourth-order valence-corrected chi connectivity index (χ4v) is 3.63. The van der Waals surface area contributed by atoms with Gasteiger partial charge in [-0.15, -0.1) is 0 Å². The van der Waals surface area contributed by atoms with E-state index < -0.39 is 17.9 Å². The van der Waals surface area contributed by atoms with Gasteiger partial charge in [0.2, 0.25) is 0 Å². The van der Waals surface area contributed by atoms with Gasteiger partial charge in [-0.1, -0.05) is 12.2 Å². The van der Waals surface area contributed by atoms with Crippen LogP contribution in [-0.2, 0) is 4.74 Å². The van der Waals surface area contributed by atoms with E-state index in [0.29, 0.717) is 24.7 Å². The Balaban J connectivity index is 1.79. The average molecular weight is 320 g/mol. The summed E-state index contributed by atoms with van der Waals surface area (Å²) in [7, 11) is 0. The molecule has 0 aromatic carbocycles. The van der Waals surface area contributed by atoms with Crippen molar-refractivity contribution in [2.45, 2.75) is 57.7 Å². The first kappa shape index (κ1) is 17.5. The molecule has 5 heteroatoms. The average Bonchev–Trinajstić information content (AvgIpc) is 2.47. The van der Waals surface area contributed by atoms with Gasteiger partial charge >= 0.3 is 6.18 Å². The minimum absolute atomic E-state index is 0.184. The van der Waals surface area contributed by atoms with E-state index in [-0.39, 0.29) is 12.2 Å². The summed E-state index contributed by atoms with van der Waals surface area (Å²) >= 11 is 0. The molecule has 0 bridgehead atoms. The normalized spacial score (nSPS) is 35.0. The molecular formula is C17H24F4O. The van der Waals surface area contributed by atoms with Crippen LogP contribution in [0.4, 0.5) is 17.6 Å². The molecule has 1 saturated carbocycles. The molecular weight excluding hydrogens is 296 g/mol. The number of hydrogen-bond donors (Lipinski definition) is 0. The van der Waals surface area contributed by atoms with E-state index in [1.54, 1.807) is 0 Å². The molecule has 126 valence electrons. The zero-order chi connectivity index (χ0) is 16.2. The highest BCUT2D eigenvalue weighted by molar-refractivity contribution is 5.03. The van der Waals surface area contributed by atoms with Crippen molar-refractivity contribution in [3.8, 4) is 0 Å². The zero-order valence-corrected chi connectivity index (χ0v) is 12.9. The van der Waals surface area contributed by atoms with Gasteiger partial charge < -0.3 is 4.74 Å². The smallest absolute Gasteiger partial charge is 0.377 e. The van der Waals surface area contributed by atoms with E-state index >= 15 is 0 Å². The van der Waals surface area contributed by atoms with Crippen molar-refractivity contribution in [1.82, 2.24) is 0 Å². The summed E-state index contributed by atoms with van der Waals surface area (Å²) in [4.78, 5) is 0. The van der Waals surface area contributed by atoms with Gasteiger partial charge in [0.05, 0.1) is 18.8 Å². The number of halogens is 4. The van der Waals surface area contributed by atoms with Crippen molar-refractivity contribution in [3.63, 3.8) is 0 Å². The van der Waals surface area contributed by atoms with E-state index in [0.717, 1.165) is 32.3 Å². The number of alkyl halides is 3. The Kier molecular flexibility index (Phi) is 6.07. The lowest BCUT2D eigenvalue weighted by Gasteiger charge is -2.37. The highest BCUT2D eigenvalue weighted by atomic mass is 19.4. The molecule has 0 radical (unpaired) electrons. The second kappa shape index (κ2) is 7.62. The summed E-state index contributed by atoms with van der Waals surface area (Å²) in [6.45, 7) is 2.72. The van der Waals surface area contributed by atoms with Crippen molar-refractivity contribution in [2.24, 2.45) is 17.8 Å². The maximum atomic E-state index is 13.6. The molecule has 1 aliphatic heterocycles. The third kappa shape index (κ3) is 5.11. The molecule has 2 unspecified atom stereocenters. The first-order chi connectivity index (χ1) is 10.4. The Morgan fingerprint density at radius 2 is 1.73 bits per heavy atom. The minimum atomic E-state index is -4.56. The number of hydrogen-bond acceptors (Lipinski definition) is 1. The molecule has 0 aromatic rings. The summed E-state index contributed by atoms with van der Waals surface area (Å²) in [5.41, 5.74) is 0. The van der Waals surface area contributed by atoms with Crippen molar-refractivity contribution >= 4 is 0 Å². The summed E-state index contributed by atoms with van der Waals surface area (Å²) in [6.07, 6.45) is 4.21. The number of ether oxygens (including phenoxy) is 1. The topological polar surface area (TPSA) is 9.23 Å². The number of allylic oxidation sites excluding steroid dienone is 3. The van der Waals surface area contributed by atoms with Crippen LogP contribution in [0.5, 0.6) is 0 Å². The van der Waals surface area contributed by atoms with E-state index in [4.69, 9.17) is 4.74 Å². The first-order valence-electron chi connectivity index (χ1n) is 8.08. The third-order valence-electron chi connectivity index (χ3n) is 4.80. The van der Waals surface area contributed by atoms with E-state index in [9.17, 15) is 17.6 Å². The highest BCUT2D eigenvalue weighted by Gasteiger charge is 2.34. The Labute approximate surface area is 129 Å². The van der Waals surface area contributed by atoms with Gasteiger partial charge in [-0.05, 0) is 51.4 Å². The van der Waals surface area contributed by atoms with Crippen LogP contribution in [0.25, 0.3) is 0 Å². The van der Waals surface area contributed by atoms with E-state index in [2.05, 4.69) is 6.08 Å². The molecule has 1 aliphatic carbocycles. The fraction of sp³-hybridized carbons (Fsp3) is 0.765.